The molecular weight excluding hydrogens is 258 g/mol. The van der Waals surface area contributed by atoms with E-state index in [1.807, 2.05) is 0 Å². The van der Waals surface area contributed by atoms with Crippen LogP contribution in [0.25, 0.3) is 11.4 Å². The average Bonchev–Trinajstić information content (AvgIpc) is 2.87. The van der Waals surface area contributed by atoms with Gasteiger partial charge in [-0.05, 0) is 6.07 Å². The van der Waals surface area contributed by atoms with Crippen molar-refractivity contribution in [2.24, 2.45) is 5.73 Å². The van der Waals surface area contributed by atoms with Crippen LogP contribution >= 0.6 is 11.6 Å². The Bertz CT molecular complexity index is 556. The zero-order chi connectivity index (χ0) is 13.1. The Morgan fingerprint density at radius 2 is 2.00 bits per heavy atom. The maximum Gasteiger partial charge on any atom is 0.240 e. The van der Waals surface area contributed by atoms with Gasteiger partial charge < -0.3 is 19.7 Å². The quantitative estimate of drug-likeness (QED) is 0.912. The summed E-state index contributed by atoms with van der Waals surface area (Å²) in [5.41, 5.74) is 6.05. The lowest BCUT2D eigenvalue weighted by molar-refractivity contribution is 0.379. The van der Waals surface area contributed by atoms with Gasteiger partial charge in [0, 0.05) is 6.07 Å². The first-order valence-corrected chi connectivity index (χ1v) is 5.52. The van der Waals surface area contributed by atoms with Crippen LogP contribution in [-0.2, 0) is 6.54 Å². The number of nitrogens with zero attached hydrogens (tertiary/aromatic N) is 2. The van der Waals surface area contributed by atoms with Gasteiger partial charge in [-0.2, -0.15) is 4.98 Å². The van der Waals surface area contributed by atoms with Gasteiger partial charge >= 0.3 is 0 Å². The second kappa shape index (κ2) is 5.24. The van der Waals surface area contributed by atoms with Gasteiger partial charge in [-0.3, -0.25) is 0 Å². The third-order valence-electron chi connectivity index (χ3n) is 2.36. The molecule has 6 nitrogen and oxygen atoms in total. The molecule has 96 valence electrons. The smallest absolute Gasteiger partial charge is 0.240 e. The van der Waals surface area contributed by atoms with E-state index in [0.717, 1.165) is 0 Å². The molecule has 0 fully saturated rings. The zero-order valence-electron chi connectivity index (χ0n) is 9.94. The summed E-state index contributed by atoms with van der Waals surface area (Å²) in [7, 11) is 3.06. The molecule has 0 saturated heterocycles. The highest BCUT2D eigenvalue weighted by Crippen LogP contribution is 2.37. The van der Waals surface area contributed by atoms with Crippen LogP contribution in [0.3, 0.4) is 0 Å². The summed E-state index contributed by atoms with van der Waals surface area (Å²) >= 11 is 6.01. The van der Waals surface area contributed by atoms with Gasteiger partial charge in [0.25, 0.3) is 0 Å². The van der Waals surface area contributed by atoms with Crippen LogP contribution in [0.4, 0.5) is 0 Å². The van der Waals surface area contributed by atoms with Crippen molar-refractivity contribution in [1.29, 1.82) is 0 Å². The van der Waals surface area contributed by atoms with E-state index in [4.69, 9.17) is 31.3 Å². The number of nitrogens with two attached hydrogens (primary N) is 1. The largest absolute Gasteiger partial charge is 0.496 e. The van der Waals surface area contributed by atoms with E-state index < -0.39 is 0 Å². The molecule has 0 radical (unpaired) electrons. The molecule has 0 bridgehead atoms. The van der Waals surface area contributed by atoms with Crippen molar-refractivity contribution in [3.63, 3.8) is 0 Å². The first-order valence-electron chi connectivity index (χ1n) is 5.14. The molecular formula is C11H12ClN3O3. The van der Waals surface area contributed by atoms with Crippen molar-refractivity contribution in [3.05, 3.63) is 23.0 Å². The van der Waals surface area contributed by atoms with Gasteiger partial charge in [-0.15, -0.1) is 0 Å². The van der Waals surface area contributed by atoms with E-state index in [9.17, 15) is 0 Å². The molecule has 2 rings (SSSR count). The molecule has 0 aliphatic heterocycles. The molecule has 0 aliphatic carbocycles. The van der Waals surface area contributed by atoms with Crippen molar-refractivity contribution in [1.82, 2.24) is 10.1 Å². The summed E-state index contributed by atoms with van der Waals surface area (Å²) in [6, 6.07) is 3.32. The Balaban J connectivity index is 2.54. The summed E-state index contributed by atoms with van der Waals surface area (Å²) in [6.07, 6.45) is 0. The van der Waals surface area contributed by atoms with E-state index in [1.54, 1.807) is 12.1 Å². The van der Waals surface area contributed by atoms with E-state index in [1.165, 1.54) is 14.2 Å². The molecule has 0 saturated carbocycles. The SMILES string of the molecule is COc1cc(-c2noc(CN)n2)c(OC)cc1Cl. The van der Waals surface area contributed by atoms with Gasteiger partial charge in [-0.25, -0.2) is 0 Å². The number of ether oxygens (including phenoxy) is 2. The third kappa shape index (κ3) is 2.25. The van der Waals surface area contributed by atoms with Crippen molar-refractivity contribution in [2.45, 2.75) is 6.54 Å². The minimum absolute atomic E-state index is 0.181. The second-order valence-electron chi connectivity index (χ2n) is 3.40. The van der Waals surface area contributed by atoms with Crippen molar-refractivity contribution in [2.75, 3.05) is 14.2 Å². The number of hydrogen-bond donors (Lipinski definition) is 1. The standard InChI is InChI=1S/C11H12ClN3O3/c1-16-8-4-7(12)9(17-2)3-6(8)11-14-10(5-13)18-15-11/h3-4H,5,13H2,1-2H3. The van der Waals surface area contributed by atoms with E-state index >= 15 is 0 Å². The van der Waals surface area contributed by atoms with Crippen LogP contribution < -0.4 is 15.2 Å². The van der Waals surface area contributed by atoms with Crippen LogP contribution in [0.15, 0.2) is 16.7 Å². The lowest BCUT2D eigenvalue weighted by atomic mass is 10.1. The summed E-state index contributed by atoms with van der Waals surface area (Å²) in [6.45, 7) is 0.181. The van der Waals surface area contributed by atoms with Crippen LogP contribution in [-0.4, -0.2) is 24.4 Å². The predicted molar refractivity (Wildman–Crippen MR) is 65.7 cm³/mol. The van der Waals surface area contributed by atoms with Crippen LogP contribution in [0.2, 0.25) is 5.02 Å². The molecule has 1 heterocycles. The summed E-state index contributed by atoms with van der Waals surface area (Å²) in [5.74, 6) is 1.76. The first kappa shape index (κ1) is 12.7. The average molecular weight is 270 g/mol. The Morgan fingerprint density at radius 1 is 1.28 bits per heavy atom. The molecule has 0 atom stereocenters. The Hall–Kier alpha value is -1.79. The number of rotatable bonds is 4. The van der Waals surface area contributed by atoms with E-state index in [2.05, 4.69) is 10.1 Å². The van der Waals surface area contributed by atoms with E-state index in [0.29, 0.717) is 33.8 Å². The fraction of sp³-hybridized carbons (Fsp3) is 0.273. The number of benzene rings is 1. The summed E-state index contributed by atoms with van der Waals surface area (Å²) in [4.78, 5) is 4.13. The fourth-order valence-corrected chi connectivity index (χ4v) is 1.71. The van der Waals surface area contributed by atoms with Crippen molar-refractivity contribution in [3.8, 4) is 22.9 Å². The topological polar surface area (TPSA) is 83.4 Å². The molecule has 1 aromatic heterocycles. The Labute approximate surface area is 109 Å². The third-order valence-corrected chi connectivity index (χ3v) is 2.65. The number of aromatic nitrogens is 2. The minimum atomic E-state index is 0.181. The Kier molecular flexibility index (Phi) is 3.69. The zero-order valence-corrected chi connectivity index (χ0v) is 10.7. The van der Waals surface area contributed by atoms with Crippen LogP contribution in [0.5, 0.6) is 11.5 Å². The summed E-state index contributed by atoms with van der Waals surface area (Å²) in [5, 5.41) is 4.27. The molecule has 18 heavy (non-hydrogen) atoms. The second-order valence-corrected chi connectivity index (χ2v) is 3.81. The highest BCUT2D eigenvalue weighted by Gasteiger charge is 2.16. The minimum Gasteiger partial charge on any atom is -0.496 e. The monoisotopic (exact) mass is 269 g/mol. The predicted octanol–water partition coefficient (Wildman–Crippen LogP) is 1.87. The fourth-order valence-electron chi connectivity index (χ4n) is 1.48. The molecule has 0 amide bonds. The van der Waals surface area contributed by atoms with Crippen molar-refractivity contribution >= 4 is 11.6 Å². The molecule has 2 aromatic rings. The molecule has 2 N–H and O–H groups in total. The number of hydrogen-bond acceptors (Lipinski definition) is 6. The van der Waals surface area contributed by atoms with Gasteiger partial charge in [-0.1, -0.05) is 16.8 Å². The molecule has 7 heteroatoms. The number of methoxy groups -OCH3 is 2. The van der Waals surface area contributed by atoms with Crippen molar-refractivity contribution < 1.29 is 14.0 Å². The Morgan fingerprint density at radius 3 is 2.56 bits per heavy atom. The highest BCUT2D eigenvalue weighted by atomic mass is 35.5. The van der Waals surface area contributed by atoms with Crippen LogP contribution in [0.1, 0.15) is 5.89 Å². The summed E-state index contributed by atoms with van der Waals surface area (Å²) < 4.78 is 15.3. The van der Waals surface area contributed by atoms with E-state index in [-0.39, 0.29) is 6.54 Å². The van der Waals surface area contributed by atoms with Gasteiger partial charge in [0.15, 0.2) is 0 Å². The molecule has 1 aromatic carbocycles. The highest BCUT2D eigenvalue weighted by molar-refractivity contribution is 6.32. The van der Waals surface area contributed by atoms with Gasteiger partial charge in [0.2, 0.25) is 11.7 Å². The normalized spacial score (nSPS) is 10.4. The van der Waals surface area contributed by atoms with Gasteiger partial charge in [0.1, 0.15) is 11.5 Å². The maximum absolute atomic E-state index is 6.01. The lowest BCUT2D eigenvalue weighted by Gasteiger charge is -2.09. The first-order chi connectivity index (χ1) is 8.69. The molecule has 0 aliphatic rings. The molecule has 0 unspecified atom stereocenters. The number of halogens is 1. The van der Waals surface area contributed by atoms with Crippen LogP contribution in [0, 0.1) is 0 Å². The maximum atomic E-state index is 6.01. The molecule has 0 spiro atoms. The van der Waals surface area contributed by atoms with Gasteiger partial charge in [0.05, 0.1) is 31.4 Å². The lowest BCUT2D eigenvalue weighted by Crippen LogP contribution is -1.96.